The minimum Gasteiger partial charge on any atom is -0.496 e. The lowest BCUT2D eigenvalue weighted by Crippen LogP contribution is -2.40. The van der Waals surface area contributed by atoms with Gasteiger partial charge < -0.3 is 14.8 Å². The highest BCUT2D eigenvalue weighted by Gasteiger charge is 2.35. The van der Waals surface area contributed by atoms with Crippen molar-refractivity contribution in [3.05, 3.63) is 88.0 Å². The third kappa shape index (κ3) is 3.89. The number of halogens is 2. The number of fused-ring (bicyclic) bond motifs is 2. The number of carbonyl (C=O) groups is 2. The van der Waals surface area contributed by atoms with Gasteiger partial charge in [-0.1, -0.05) is 29.0 Å². The summed E-state index contributed by atoms with van der Waals surface area (Å²) < 4.78 is 13.0. The molecular formula is C25H19BrClN3O5S. The second-order valence-electron chi connectivity index (χ2n) is 8.04. The summed E-state index contributed by atoms with van der Waals surface area (Å²) in [5, 5.41) is 3.23. The number of anilines is 1. The van der Waals surface area contributed by atoms with Gasteiger partial charge in [-0.05, 0) is 65.7 Å². The Morgan fingerprint density at radius 1 is 1.25 bits per heavy atom. The van der Waals surface area contributed by atoms with Crippen LogP contribution in [0.15, 0.2) is 61.9 Å². The Balaban J connectivity index is 1.82. The number of nitrogens with one attached hydrogen (secondary N) is 1. The molecule has 1 aromatic heterocycles. The van der Waals surface area contributed by atoms with Gasteiger partial charge in [0.05, 0.1) is 41.1 Å². The van der Waals surface area contributed by atoms with Crippen molar-refractivity contribution in [2.24, 2.45) is 4.99 Å². The summed E-state index contributed by atoms with van der Waals surface area (Å²) in [5.74, 6) is -0.366. The van der Waals surface area contributed by atoms with Crippen LogP contribution in [0.25, 0.3) is 5.57 Å². The predicted octanol–water partition coefficient (Wildman–Crippen LogP) is 3.55. The van der Waals surface area contributed by atoms with Crippen LogP contribution < -0.4 is 24.9 Å². The Bertz CT molecular complexity index is 1670. The molecule has 1 atom stereocenters. The van der Waals surface area contributed by atoms with Crippen molar-refractivity contribution in [3.63, 3.8) is 0 Å². The standard InChI is InChI=1S/C25H19BrClN3O5S/c1-4-35-24(33)18-11(2)28-25-30(20(18)12-5-8-17(34-3)15(26)9-12)23(32)21(36-25)19-14-10-13(27)6-7-16(14)29-22(19)31/h5-10,20H,4H2,1-3H3,(H,29,31)/b21-19-/t20-/m0/s1. The summed E-state index contributed by atoms with van der Waals surface area (Å²) >= 11 is 10.8. The zero-order valence-electron chi connectivity index (χ0n) is 19.3. The number of amides is 1. The van der Waals surface area contributed by atoms with Crippen LogP contribution in [0.3, 0.4) is 0 Å². The Labute approximate surface area is 222 Å². The van der Waals surface area contributed by atoms with Crippen LogP contribution in [0.2, 0.25) is 5.02 Å². The number of esters is 1. The number of allylic oxidation sites excluding steroid dienone is 1. The molecule has 0 radical (unpaired) electrons. The summed E-state index contributed by atoms with van der Waals surface area (Å²) in [6.45, 7) is 3.58. The van der Waals surface area contributed by atoms with E-state index in [1.165, 1.54) is 4.57 Å². The molecule has 3 heterocycles. The lowest BCUT2D eigenvalue weighted by atomic mass is 9.96. The van der Waals surface area contributed by atoms with Crippen molar-refractivity contribution in [2.75, 3.05) is 19.0 Å². The number of nitrogens with zero attached hydrogens (tertiary/aromatic N) is 2. The number of thiazole rings is 1. The van der Waals surface area contributed by atoms with Gasteiger partial charge in [0.15, 0.2) is 4.80 Å². The third-order valence-electron chi connectivity index (χ3n) is 5.94. The first-order chi connectivity index (χ1) is 17.2. The summed E-state index contributed by atoms with van der Waals surface area (Å²) in [6, 6.07) is 9.51. The number of ether oxygens (including phenoxy) is 2. The molecule has 8 nitrogen and oxygen atoms in total. The molecule has 5 rings (SSSR count). The summed E-state index contributed by atoms with van der Waals surface area (Å²) in [7, 11) is 1.55. The first-order valence-electron chi connectivity index (χ1n) is 10.9. The normalized spacial score (nSPS) is 17.8. The van der Waals surface area contributed by atoms with Crippen molar-refractivity contribution in [1.82, 2.24) is 4.57 Å². The van der Waals surface area contributed by atoms with Crippen LogP contribution in [-0.4, -0.2) is 30.2 Å². The molecule has 1 N–H and O–H groups in total. The van der Waals surface area contributed by atoms with E-state index in [0.29, 0.717) is 42.6 Å². The largest absolute Gasteiger partial charge is 0.496 e. The van der Waals surface area contributed by atoms with Crippen LogP contribution in [0, 0.1) is 0 Å². The van der Waals surface area contributed by atoms with Gasteiger partial charge in [-0.3, -0.25) is 14.2 Å². The minimum atomic E-state index is -0.819. The molecule has 0 bridgehead atoms. The maximum atomic E-state index is 13.9. The highest BCUT2D eigenvalue weighted by molar-refractivity contribution is 9.10. The Hall–Kier alpha value is -3.21. The van der Waals surface area contributed by atoms with Crippen LogP contribution >= 0.6 is 38.9 Å². The van der Waals surface area contributed by atoms with Crippen LogP contribution in [-0.2, 0) is 14.3 Å². The van der Waals surface area contributed by atoms with Crippen molar-refractivity contribution in [1.29, 1.82) is 0 Å². The maximum absolute atomic E-state index is 13.9. The number of aromatic nitrogens is 1. The highest BCUT2D eigenvalue weighted by Crippen LogP contribution is 2.36. The smallest absolute Gasteiger partial charge is 0.338 e. The van der Waals surface area contributed by atoms with E-state index in [1.807, 2.05) is 0 Å². The molecule has 184 valence electrons. The predicted molar refractivity (Wildman–Crippen MR) is 140 cm³/mol. The van der Waals surface area contributed by atoms with E-state index in [-0.39, 0.29) is 22.3 Å². The minimum absolute atomic E-state index is 0.168. The first-order valence-corrected chi connectivity index (χ1v) is 12.9. The number of rotatable bonds is 4. The van der Waals surface area contributed by atoms with Gasteiger partial charge in [0.1, 0.15) is 10.3 Å². The van der Waals surface area contributed by atoms with E-state index in [2.05, 4.69) is 26.2 Å². The summed E-state index contributed by atoms with van der Waals surface area (Å²) in [4.78, 5) is 44.9. The third-order valence-corrected chi connectivity index (χ3v) is 7.85. The molecule has 2 aliphatic rings. The van der Waals surface area contributed by atoms with Gasteiger partial charge >= 0.3 is 5.97 Å². The Morgan fingerprint density at radius 2 is 2.03 bits per heavy atom. The van der Waals surface area contributed by atoms with Crippen LogP contribution in [0.1, 0.15) is 31.0 Å². The molecule has 2 aliphatic heterocycles. The number of benzene rings is 2. The van der Waals surface area contributed by atoms with E-state index in [9.17, 15) is 14.4 Å². The molecule has 36 heavy (non-hydrogen) atoms. The zero-order chi connectivity index (χ0) is 25.7. The van der Waals surface area contributed by atoms with Gasteiger partial charge in [-0.2, -0.15) is 0 Å². The lowest BCUT2D eigenvalue weighted by Gasteiger charge is -2.25. The highest BCUT2D eigenvalue weighted by atomic mass is 79.9. The van der Waals surface area contributed by atoms with Crippen molar-refractivity contribution >= 4 is 62.0 Å². The average molecular weight is 589 g/mol. The average Bonchev–Trinajstić information content (AvgIpc) is 3.32. The molecular weight excluding hydrogens is 570 g/mol. The molecule has 3 aromatic rings. The second kappa shape index (κ2) is 9.34. The van der Waals surface area contributed by atoms with Crippen molar-refractivity contribution in [3.8, 4) is 5.75 Å². The molecule has 11 heteroatoms. The fourth-order valence-electron chi connectivity index (χ4n) is 4.37. The van der Waals surface area contributed by atoms with Crippen LogP contribution in [0.5, 0.6) is 5.75 Å². The first kappa shape index (κ1) is 24.5. The lowest BCUT2D eigenvalue weighted by molar-refractivity contribution is -0.139. The molecule has 0 fully saturated rings. The quantitative estimate of drug-likeness (QED) is 0.470. The molecule has 1 amide bonds. The van der Waals surface area contributed by atoms with Gasteiger partial charge in [-0.15, -0.1) is 0 Å². The van der Waals surface area contributed by atoms with Gasteiger partial charge in [0, 0.05) is 16.3 Å². The van der Waals surface area contributed by atoms with E-state index < -0.39 is 23.5 Å². The maximum Gasteiger partial charge on any atom is 0.338 e. The summed E-state index contributed by atoms with van der Waals surface area (Å²) in [5.41, 5.74) is 2.23. The van der Waals surface area contributed by atoms with E-state index in [4.69, 9.17) is 21.1 Å². The number of carbonyl (C=O) groups excluding carboxylic acids is 2. The summed E-state index contributed by atoms with van der Waals surface area (Å²) in [6.07, 6.45) is 0. The fraction of sp³-hybridized carbons (Fsp3) is 0.200. The molecule has 2 aromatic carbocycles. The monoisotopic (exact) mass is 587 g/mol. The van der Waals surface area contributed by atoms with Gasteiger partial charge in [-0.25, -0.2) is 9.79 Å². The van der Waals surface area contributed by atoms with E-state index >= 15 is 0 Å². The molecule has 0 spiro atoms. The Morgan fingerprint density at radius 3 is 2.72 bits per heavy atom. The van der Waals surface area contributed by atoms with E-state index in [0.717, 1.165) is 11.3 Å². The molecule has 0 saturated carbocycles. The fourth-order valence-corrected chi connectivity index (χ4v) is 6.25. The van der Waals surface area contributed by atoms with Gasteiger partial charge in [0.25, 0.3) is 11.5 Å². The SMILES string of the molecule is CCOC(=O)C1=C(C)N=c2s/c(=C3\C(=O)Nc4ccc(Cl)cc43)c(=O)n2[C@H]1c1ccc(OC)c(Br)c1. The number of hydrogen-bond donors (Lipinski definition) is 1. The van der Waals surface area contributed by atoms with Crippen molar-refractivity contribution in [2.45, 2.75) is 19.9 Å². The molecule has 0 aliphatic carbocycles. The number of hydrogen-bond acceptors (Lipinski definition) is 7. The molecule has 0 unspecified atom stereocenters. The van der Waals surface area contributed by atoms with Crippen LogP contribution in [0.4, 0.5) is 5.69 Å². The topological polar surface area (TPSA) is 99.0 Å². The number of methoxy groups -OCH3 is 1. The molecule has 0 saturated heterocycles. The zero-order valence-corrected chi connectivity index (χ0v) is 22.5. The Kier molecular flexibility index (Phi) is 6.36. The second-order valence-corrected chi connectivity index (χ2v) is 10.3. The van der Waals surface area contributed by atoms with E-state index in [1.54, 1.807) is 57.4 Å². The van der Waals surface area contributed by atoms with Crippen molar-refractivity contribution < 1.29 is 19.1 Å². The van der Waals surface area contributed by atoms with Gasteiger partial charge in [0.2, 0.25) is 0 Å².